The molecule has 0 saturated heterocycles. The summed E-state index contributed by atoms with van der Waals surface area (Å²) in [6.07, 6.45) is 7.18. The second-order valence-corrected chi connectivity index (χ2v) is 3.47. The monoisotopic (exact) mass is 171 g/mol. The van der Waals surface area contributed by atoms with E-state index >= 15 is 0 Å². The van der Waals surface area contributed by atoms with Crippen molar-refractivity contribution in [3.05, 3.63) is 0 Å². The Hall–Kier alpha value is -0.530. The van der Waals surface area contributed by atoms with Gasteiger partial charge in [0.1, 0.15) is 0 Å². The van der Waals surface area contributed by atoms with Crippen molar-refractivity contribution in [2.75, 3.05) is 7.05 Å². The molecule has 0 aliphatic rings. The Morgan fingerprint density at radius 1 is 1.33 bits per heavy atom. The Labute approximate surface area is 75.9 Å². The Morgan fingerprint density at radius 2 is 2.00 bits per heavy atom. The van der Waals surface area contributed by atoms with Crippen LogP contribution in [0.25, 0.3) is 0 Å². The third-order valence-corrected chi connectivity index (χ3v) is 2.34. The summed E-state index contributed by atoms with van der Waals surface area (Å²) >= 11 is 0. The fraction of sp³-hybridized carbons (Fsp3) is 0.900. The van der Waals surface area contributed by atoms with E-state index in [1.807, 2.05) is 7.05 Å². The van der Waals surface area contributed by atoms with E-state index in [1.54, 1.807) is 4.90 Å². The standard InChI is InChI=1S/C10H21NO/c1-4-5-6-7-8-10(2)11(3)9-12/h9-10H,4-8H2,1-3H3/t10-/m1/s1. The average molecular weight is 171 g/mol. The van der Waals surface area contributed by atoms with E-state index in [0.717, 1.165) is 12.8 Å². The van der Waals surface area contributed by atoms with Gasteiger partial charge in [0, 0.05) is 13.1 Å². The van der Waals surface area contributed by atoms with Gasteiger partial charge in [0.15, 0.2) is 0 Å². The molecule has 0 saturated carbocycles. The first-order valence-corrected chi connectivity index (χ1v) is 4.89. The summed E-state index contributed by atoms with van der Waals surface area (Å²) in [5.74, 6) is 0. The highest BCUT2D eigenvalue weighted by atomic mass is 16.1. The minimum atomic E-state index is 0.402. The zero-order valence-corrected chi connectivity index (χ0v) is 8.55. The van der Waals surface area contributed by atoms with E-state index in [9.17, 15) is 4.79 Å². The highest BCUT2D eigenvalue weighted by Crippen LogP contribution is 2.07. The lowest BCUT2D eigenvalue weighted by Crippen LogP contribution is -2.27. The molecule has 1 atom stereocenters. The maximum Gasteiger partial charge on any atom is 0.209 e. The quantitative estimate of drug-likeness (QED) is 0.425. The molecule has 0 N–H and O–H groups in total. The van der Waals surface area contributed by atoms with Crippen molar-refractivity contribution in [3.63, 3.8) is 0 Å². The normalized spacial score (nSPS) is 12.6. The molecule has 0 fully saturated rings. The van der Waals surface area contributed by atoms with Gasteiger partial charge in [-0.1, -0.05) is 32.6 Å². The van der Waals surface area contributed by atoms with Gasteiger partial charge in [-0.15, -0.1) is 0 Å². The number of nitrogens with zero attached hydrogens (tertiary/aromatic N) is 1. The van der Waals surface area contributed by atoms with Crippen LogP contribution in [0.15, 0.2) is 0 Å². The zero-order chi connectivity index (χ0) is 9.40. The first kappa shape index (κ1) is 11.5. The van der Waals surface area contributed by atoms with E-state index in [4.69, 9.17) is 0 Å². The summed E-state index contributed by atoms with van der Waals surface area (Å²) in [4.78, 5) is 12.1. The molecule has 72 valence electrons. The van der Waals surface area contributed by atoms with Gasteiger partial charge in [0.05, 0.1) is 0 Å². The third-order valence-electron chi connectivity index (χ3n) is 2.34. The van der Waals surface area contributed by atoms with E-state index < -0.39 is 0 Å². The lowest BCUT2D eigenvalue weighted by molar-refractivity contribution is -0.118. The maximum atomic E-state index is 10.4. The minimum Gasteiger partial charge on any atom is -0.346 e. The molecule has 1 amide bonds. The highest BCUT2D eigenvalue weighted by Gasteiger charge is 2.04. The number of hydrogen-bond acceptors (Lipinski definition) is 1. The molecule has 2 nitrogen and oxygen atoms in total. The lowest BCUT2D eigenvalue weighted by atomic mass is 10.1. The van der Waals surface area contributed by atoms with Crippen LogP contribution in [0.2, 0.25) is 0 Å². The Bertz CT molecular complexity index is 114. The van der Waals surface area contributed by atoms with Crippen molar-refractivity contribution < 1.29 is 4.79 Å². The van der Waals surface area contributed by atoms with Crippen LogP contribution in [0.1, 0.15) is 46.0 Å². The van der Waals surface area contributed by atoms with Crippen LogP contribution < -0.4 is 0 Å². The van der Waals surface area contributed by atoms with Crippen molar-refractivity contribution in [3.8, 4) is 0 Å². The van der Waals surface area contributed by atoms with Crippen LogP contribution in [0.4, 0.5) is 0 Å². The van der Waals surface area contributed by atoms with Crippen molar-refractivity contribution in [1.29, 1.82) is 0 Å². The van der Waals surface area contributed by atoms with E-state index in [0.29, 0.717) is 6.04 Å². The van der Waals surface area contributed by atoms with Gasteiger partial charge >= 0.3 is 0 Å². The Kier molecular flexibility index (Phi) is 6.82. The predicted molar refractivity (Wildman–Crippen MR) is 52.0 cm³/mol. The molecule has 0 aromatic rings. The molecule has 0 spiro atoms. The van der Waals surface area contributed by atoms with Crippen molar-refractivity contribution in [1.82, 2.24) is 4.90 Å². The van der Waals surface area contributed by atoms with Crippen LogP contribution >= 0.6 is 0 Å². The van der Waals surface area contributed by atoms with Crippen LogP contribution in [0.3, 0.4) is 0 Å². The molecule has 0 radical (unpaired) electrons. The SMILES string of the molecule is CCCCCC[C@@H](C)N(C)C=O. The van der Waals surface area contributed by atoms with E-state index in [-0.39, 0.29) is 0 Å². The van der Waals surface area contributed by atoms with Gasteiger partial charge in [-0.2, -0.15) is 0 Å². The van der Waals surface area contributed by atoms with Crippen LogP contribution in [0, 0.1) is 0 Å². The fourth-order valence-corrected chi connectivity index (χ4v) is 1.17. The summed E-state index contributed by atoms with van der Waals surface area (Å²) < 4.78 is 0. The van der Waals surface area contributed by atoms with Gasteiger partial charge in [-0.05, 0) is 13.3 Å². The lowest BCUT2D eigenvalue weighted by Gasteiger charge is -2.19. The molecule has 0 bridgehead atoms. The molecule has 0 heterocycles. The summed E-state index contributed by atoms with van der Waals surface area (Å²) in [5, 5.41) is 0. The molecule has 0 aliphatic carbocycles. The molecule has 2 heteroatoms. The van der Waals surface area contributed by atoms with Crippen molar-refractivity contribution in [2.45, 2.75) is 52.0 Å². The number of hydrogen-bond donors (Lipinski definition) is 0. The topological polar surface area (TPSA) is 20.3 Å². The third kappa shape index (κ3) is 5.16. The molecule has 0 rings (SSSR count). The summed E-state index contributed by atoms with van der Waals surface area (Å²) in [6.45, 7) is 4.31. The molecule has 0 aliphatic heterocycles. The highest BCUT2D eigenvalue weighted by molar-refractivity contribution is 5.46. The zero-order valence-electron chi connectivity index (χ0n) is 8.55. The summed E-state index contributed by atoms with van der Waals surface area (Å²) in [5.41, 5.74) is 0. The van der Waals surface area contributed by atoms with Crippen molar-refractivity contribution in [2.24, 2.45) is 0 Å². The van der Waals surface area contributed by atoms with Crippen LogP contribution in [0.5, 0.6) is 0 Å². The first-order chi connectivity index (χ1) is 5.72. The second-order valence-electron chi connectivity index (χ2n) is 3.47. The van der Waals surface area contributed by atoms with E-state index in [1.165, 1.54) is 25.7 Å². The van der Waals surface area contributed by atoms with E-state index in [2.05, 4.69) is 13.8 Å². The molecule has 0 unspecified atom stereocenters. The number of rotatable bonds is 7. The van der Waals surface area contributed by atoms with Crippen LogP contribution in [-0.2, 0) is 4.79 Å². The Balaban J connectivity index is 3.30. The largest absolute Gasteiger partial charge is 0.346 e. The second kappa shape index (κ2) is 7.14. The van der Waals surface area contributed by atoms with Gasteiger partial charge < -0.3 is 4.90 Å². The van der Waals surface area contributed by atoms with Gasteiger partial charge in [0.25, 0.3) is 0 Å². The average Bonchev–Trinajstić information content (AvgIpc) is 2.10. The molecular formula is C10H21NO. The molecule has 0 aromatic carbocycles. The predicted octanol–water partition coefficient (Wildman–Crippen LogP) is 2.43. The maximum absolute atomic E-state index is 10.4. The number of amides is 1. The first-order valence-electron chi connectivity index (χ1n) is 4.89. The molecular weight excluding hydrogens is 150 g/mol. The van der Waals surface area contributed by atoms with Gasteiger partial charge in [-0.25, -0.2) is 0 Å². The fourth-order valence-electron chi connectivity index (χ4n) is 1.17. The minimum absolute atomic E-state index is 0.402. The summed E-state index contributed by atoms with van der Waals surface area (Å²) in [7, 11) is 1.84. The Morgan fingerprint density at radius 3 is 2.50 bits per heavy atom. The molecule has 0 aromatic heterocycles. The smallest absolute Gasteiger partial charge is 0.209 e. The number of unbranched alkanes of at least 4 members (excludes halogenated alkanes) is 3. The van der Waals surface area contributed by atoms with Gasteiger partial charge in [-0.3, -0.25) is 4.79 Å². The molecule has 12 heavy (non-hydrogen) atoms. The summed E-state index contributed by atoms with van der Waals surface area (Å²) in [6, 6.07) is 0.402. The number of carbonyl (C=O) groups is 1. The van der Waals surface area contributed by atoms with Gasteiger partial charge in [0.2, 0.25) is 6.41 Å². The van der Waals surface area contributed by atoms with Crippen molar-refractivity contribution >= 4 is 6.41 Å². The number of carbonyl (C=O) groups excluding carboxylic acids is 1. The van der Waals surface area contributed by atoms with Crippen LogP contribution in [-0.4, -0.2) is 24.4 Å².